The van der Waals surface area contributed by atoms with Gasteiger partial charge in [-0.25, -0.2) is 0 Å². The highest BCUT2D eigenvalue weighted by atomic mass is 14.9. The van der Waals surface area contributed by atoms with Crippen molar-refractivity contribution in [2.45, 2.75) is 32.6 Å². The van der Waals surface area contributed by atoms with Gasteiger partial charge in [-0.2, -0.15) is 0 Å². The first-order chi connectivity index (χ1) is 9.31. The van der Waals surface area contributed by atoms with Crippen molar-refractivity contribution in [1.29, 1.82) is 0 Å². The predicted octanol–water partition coefficient (Wildman–Crippen LogP) is 4.08. The van der Waals surface area contributed by atoms with Gasteiger partial charge in [0, 0.05) is 0 Å². The van der Waals surface area contributed by atoms with E-state index in [0.717, 1.165) is 5.92 Å². The average molecular weight is 253 g/mol. The second kappa shape index (κ2) is 5.75. The van der Waals surface area contributed by atoms with Crippen molar-refractivity contribution in [3.05, 3.63) is 47.5 Å². The first-order valence-electron chi connectivity index (χ1n) is 7.51. The molecule has 2 aromatic carbocycles. The van der Waals surface area contributed by atoms with E-state index in [0.29, 0.717) is 0 Å². The van der Waals surface area contributed by atoms with Crippen molar-refractivity contribution in [2.24, 2.45) is 5.92 Å². The SMILES string of the molecule is Cc1ccc2cc(CCC3CCCNC3)ccc2c1. The average Bonchev–Trinajstić information content (AvgIpc) is 2.46. The van der Waals surface area contributed by atoms with Crippen LogP contribution in [0.3, 0.4) is 0 Å². The molecule has 0 saturated carbocycles. The zero-order valence-corrected chi connectivity index (χ0v) is 11.8. The third-order valence-corrected chi connectivity index (χ3v) is 4.30. The smallest absolute Gasteiger partial charge is 0.00204 e. The number of nitrogens with one attached hydrogen (secondary N) is 1. The Morgan fingerprint density at radius 2 is 1.95 bits per heavy atom. The summed E-state index contributed by atoms with van der Waals surface area (Å²) in [6.07, 6.45) is 5.29. The summed E-state index contributed by atoms with van der Waals surface area (Å²) in [6.45, 7) is 4.59. The van der Waals surface area contributed by atoms with E-state index in [1.165, 1.54) is 60.7 Å². The van der Waals surface area contributed by atoms with Crippen molar-refractivity contribution in [3.63, 3.8) is 0 Å². The lowest BCUT2D eigenvalue weighted by atomic mass is 9.92. The molecule has 19 heavy (non-hydrogen) atoms. The standard InChI is InChI=1S/C18H23N/c1-14-4-8-18-12-15(7-9-17(18)11-14)5-6-16-3-2-10-19-13-16/h4,7-9,11-12,16,19H,2-3,5-6,10,13H2,1H3. The molecule has 0 spiro atoms. The van der Waals surface area contributed by atoms with E-state index < -0.39 is 0 Å². The Balaban J connectivity index is 1.69. The topological polar surface area (TPSA) is 12.0 Å². The largest absolute Gasteiger partial charge is 0.316 e. The molecule has 2 aromatic rings. The molecule has 100 valence electrons. The van der Waals surface area contributed by atoms with Gasteiger partial charge in [0.1, 0.15) is 0 Å². The zero-order valence-electron chi connectivity index (χ0n) is 11.8. The van der Waals surface area contributed by atoms with Crippen LogP contribution in [0.15, 0.2) is 36.4 Å². The lowest BCUT2D eigenvalue weighted by Crippen LogP contribution is -2.29. The van der Waals surface area contributed by atoms with Crippen LogP contribution in [0.25, 0.3) is 10.8 Å². The molecule has 1 heterocycles. The summed E-state index contributed by atoms with van der Waals surface area (Å²) in [6, 6.07) is 13.7. The maximum Gasteiger partial charge on any atom is -0.00204 e. The maximum atomic E-state index is 3.51. The summed E-state index contributed by atoms with van der Waals surface area (Å²) in [7, 11) is 0. The van der Waals surface area contributed by atoms with Crippen molar-refractivity contribution in [1.82, 2.24) is 5.32 Å². The van der Waals surface area contributed by atoms with Crippen molar-refractivity contribution < 1.29 is 0 Å². The molecule has 0 aromatic heterocycles. The Morgan fingerprint density at radius 3 is 2.79 bits per heavy atom. The van der Waals surface area contributed by atoms with Gasteiger partial charge >= 0.3 is 0 Å². The normalized spacial score (nSPS) is 19.7. The first kappa shape index (κ1) is 12.7. The minimum atomic E-state index is 0.877. The Bertz CT molecular complexity index is 553. The first-order valence-corrected chi connectivity index (χ1v) is 7.51. The van der Waals surface area contributed by atoms with Gasteiger partial charge in [0.05, 0.1) is 0 Å². The van der Waals surface area contributed by atoms with Crippen molar-refractivity contribution in [2.75, 3.05) is 13.1 Å². The summed E-state index contributed by atoms with van der Waals surface area (Å²) in [5.74, 6) is 0.877. The van der Waals surface area contributed by atoms with Crippen LogP contribution in [-0.4, -0.2) is 13.1 Å². The molecule has 3 rings (SSSR count). The molecule has 0 amide bonds. The van der Waals surface area contributed by atoms with Gasteiger partial charge in [-0.1, -0.05) is 42.0 Å². The molecule has 1 atom stereocenters. The molecule has 1 heteroatoms. The fourth-order valence-electron chi connectivity index (χ4n) is 3.11. The van der Waals surface area contributed by atoms with Crippen LogP contribution in [0.2, 0.25) is 0 Å². The van der Waals surface area contributed by atoms with Gasteiger partial charge in [0.25, 0.3) is 0 Å². The van der Waals surface area contributed by atoms with E-state index in [2.05, 4.69) is 48.6 Å². The highest BCUT2D eigenvalue weighted by Crippen LogP contribution is 2.21. The monoisotopic (exact) mass is 253 g/mol. The second-order valence-electron chi connectivity index (χ2n) is 5.94. The number of rotatable bonds is 3. The summed E-state index contributed by atoms with van der Waals surface area (Å²) < 4.78 is 0. The van der Waals surface area contributed by atoms with E-state index in [4.69, 9.17) is 0 Å². The van der Waals surface area contributed by atoms with Crippen LogP contribution in [0, 0.1) is 12.8 Å². The molecule has 1 aliphatic heterocycles. The number of hydrogen-bond acceptors (Lipinski definition) is 1. The third kappa shape index (κ3) is 3.16. The molecule has 0 radical (unpaired) electrons. The van der Waals surface area contributed by atoms with Gasteiger partial charge in [0.2, 0.25) is 0 Å². The Hall–Kier alpha value is -1.34. The molecular formula is C18H23N. The summed E-state index contributed by atoms with van der Waals surface area (Å²) in [4.78, 5) is 0. The molecule has 1 aliphatic rings. The van der Waals surface area contributed by atoms with E-state index in [9.17, 15) is 0 Å². The molecular weight excluding hydrogens is 230 g/mol. The maximum absolute atomic E-state index is 3.51. The lowest BCUT2D eigenvalue weighted by molar-refractivity contribution is 0.358. The molecule has 1 saturated heterocycles. The molecule has 1 unspecified atom stereocenters. The van der Waals surface area contributed by atoms with Gasteiger partial charge < -0.3 is 5.32 Å². The fourth-order valence-corrected chi connectivity index (χ4v) is 3.11. The molecule has 0 bridgehead atoms. The van der Waals surface area contributed by atoms with E-state index in [1.807, 2.05) is 0 Å². The fraction of sp³-hybridized carbons (Fsp3) is 0.444. The number of aryl methyl sites for hydroxylation is 2. The molecule has 1 nitrogen and oxygen atoms in total. The minimum absolute atomic E-state index is 0.877. The van der Waals surface area contributed by atoms with Crippen LogP contribution < -0.4 is 5.32 Å². The van der Waals surface area contributed by atoms with Gasteiger partial charge in [-0.05, 0) is 68.0 Å². The number of fused-ring (bicyclic) bond motifs is 1. The van der Waals surface area contributed by atoms with E-state index in [-0.39, 0.29) is 0 Å². The van der Waals surface area contributed by atoms with Crippen molar-refractivity contribution >= 4 is 10.8 Å². The van der Waals surface area contributed by atoms with Crippen LogP contribution in [0.1, 0.15) is 30.4 Å². The minimum Gasteiger partial charge on any atom is -0.316 e. The summed E-state index contributed by atoms with van der Waals surface area (Å²) >= 11 is 0. The van der Waals surface area contributed by atoms with E-state index >= 15 is 0 Å². The van der Waals surface area contributed by atoms with Gasteiger partial charge in [-0.15, -0.1) is 0 Å². The quantitative estimate of drug-likeness (QED) is 0.869. The zero-order chi connectivity index (χ0) is 13.1. The highest BCUT2D eigenvalue weighted by molar-refractivity contribution is 5.83. The Labute approximate surface area is 116 Å². The van der Waals surface area contributed by atoms with Crippen molar-refractivity contribution in [3.8, 4) is 0 Å². The third-order valence-electron chi connectivity index (χ3n) is 4.30. The second-order valence-corrected chi connectivity index (χ2v) is 5.94. The predicted molar refractivity (Wildman–Crippen MR) is 82.6 cm³/mol. The van der Waals surface area contributed by atoms with Crippen LogP contribution in [0.4, 0.5) is 0 Å². The van der Waals surface area contributed by atoms with Gasteiger partial charge in [-0.3, -0.25) is 0 Å². The Morgan fingerprint density at radius 1 is 1.11 bits per heavy atom. The molecule has 0 aliphatic carbocycles. The number of piperidine rings is 1. The number of benzene rings is 2. The van der Waals surface area contributed by atoms with Crippen LogP contribution in [0.5, 0.6) is 0 Å². The number of hydrogen-bond donors (Lipinski definition) is 1. The molecule has 1 N–H and O–H groups in total. The lowest BCUT2D eigenvalue weighted by Gasteiger charge is -2.22. The van der Waals surface area contributed by atoms with Crippen LogP contribution >= 0.6 is 0 Å². The summed E-state index contributed by atoms with van der Waals surface area (Å²) in [5.41, 5.74) is 2.83. The Kier molecular flexibility index (Phi) is 3.84. The summed E-state index contributed by atoms with van der Waals surface area (Å²) in [5, 5.41) is 6.25. The molecule has 1 fully saturated rings. The highest BCUT2D eigenvalue weighted by Gasteiger charge is 2.12. The van der Waals surface area contributed by atoms with Crippen LogP contribution in [-0.2, 0) is 6.42 Å². The van der Waals surface area contributed by atoms with E-state index in [1.54, 1.807) is 0 Å². The van der Waals surface area contributed by atoms with Gasteiger partial charge in [0.15, 0.2) is 0 Å².